The number of nitrogens with zero attached hydrogens (tertiary/aromatic N) is 1. The Balaban J connectivity index is 1.70. The van der Waals surface area contributed by atoms with Crippen molar-refractivity contribution in [1.82, 2.24) is 9.62 Å². The topological polar surface area (TPSA) is 75.7 Å². The second-order valence-electron chi connectivity index (χ2n) is 6.50. The van der Waals surface area contributed by atoms with Gasteiger partial charge in [0.05, 0.1) is 16.5 Å². The molecule has 0 atom stereocenters. The number of amides is 1. The predicted octanol–water partition coefficient (Wildman–Crippen LogP) is 3.17. The second-order valence-corrected chi connectivity index (χ2v) is 9.40. The largest absolute Gasteiger partial charge is 0.496 e. The normalized spacial score (nSPS) is 14.2. The first-order valence-corrected chi connectivity index (χ1v) is 10.7. The first kappa shape index (κ1) is 19.9. The average molecular weight is 453 g/mol. The lowest BCUT2D eigenvalue weighted by Crippen LogP contribution is -2.27. The molecule has 1 amide bonds. The second kappa shape index (κ2) is 8.00. The standard InChI is InChI=1S/C19H21BrN2O4S/c1-22(27(24,25)16-9-10-18(26-2)17(20)11-16)12-13-3-5-14(6-4-13)19(23)21-15-7-8-15/h3-6,9-11,15H,7-8,12H2,1-2H3,(H,21,23). The van der Waals surface area contributed by atoms with E-state index < -0.39 is 10.0 Å². The molecule has 2 aromatic carbocycles. The maximum atomic E-state index is 12.8. The molecule has 0 unspecified atom stereocenters. The molecule has 0 saturated heterocycles. The van der Waals surface area contributed by atoms with Crippen molar-refractivity contribution < 1.29 is 17.9 Å². The number of halogens is 1. The number of hydrogen-bond acceptors (Lipinski definition) is 4. The molecule has 1 fully saturated rings. The van der Waals surface area contributed by atoms with Crippen LogP contribution in [0.2, 0.25) is 0 Å². The van der Waals surface area contributed by atoms with Crippen molar-refractivity contribution in [3.63, 3.8) is 0 Å². The van der Waals surface area contributed by atoms with Gasteiger partial charge in [0.1, 0.15) is 5.75 Å². The third-order valence-corrected chi connectivity index (χ3v) is 6.78. The van der Waals surface area contributed by atoms with E-state index in [9.17, 15) is 13.2 Å². The Morgan fingerprint density at radius 1 is 1.22 bits per heavy atom. The molecule has 8 heteroatoms. The van der Waals surface area contributed by atoms with E-state index in [2.05, 4.69) is 21.2 Å². The zero-order valence-electron chi connectivity index (χ0n) is 15.1. The van der Waals surface area contributed by atoms with Gasteiger partial charge in [0.2, 0.25) is 10.0 Å². The van der Waals surface area contributed by atoms with E-state index in [4.69, 9.17) is 4.74 Å². The molecule has 0 spiro atoms. The fourth-order valence-corrected chi connectivity index (χ4v) is 4.47. The van der Waals surface area contributed by atoms with E-state index in [0.29, 0.717) is 21.8 Å². The molecule has 0 aromatic heterocycles. The van der Waals surface area contributed by atoms with E-state index in [0.717, 1.165) is 18.4 Å². The lowest BCUT2D eigenvalue weighted by atomic mass is 10.1. The number of hydrogen-bond donors (Lipinski definition) is 1. The summed E-state index contributed by atoms with van der Waals surface area (Å²) in [6.07, 6.45) is 2.07. The average Bonchev–Trinajstić information content (AvgIpc) is 3.46. The first-order valence-electron chi connectivity index (χ1n) is 8.51. The van der Waals surface area contributed by atoms with Gasteiger partial charge in [-0.1, -0.05) is 12.1 Å². The molecular formula is C19H21BrN2O4S. The molecule has 0 bridgehead atoms. The summed E-state index contributed by atoms with van der Waals surface area (Å²) in [5.74, 6) is 0.477. The van der Waals surface area contributed by atoms with Crippen LogP contribution in [0.3, 0.4) is 0 Å². The van der Waals surface area contributed by atoms with Gasteiger partial charge in [0.15, 0.2) is 0 Å². The number of carbonyl (C=O) groups is 1. The summed E-state index contributed by atoms with van der Waals surface area (Å²) in [4.78, 5) is 12.2. The number of sulfonamides is 1. The van der Waals surface area contributed by atoms with Crippen molar-refractivity contribution in [2.75, 3.05) is 14.2 Å². The summed E-state index contributed by atoms with van der Waals surface area (Å²) in [6.45, 7) is 0.205. The summed E-state index contributed by atoms with van der Waals surface area (Å²) in [5, 5.41) is 2.93. The van der Waals surface area contributed by atoms with Crippen LogP contribution in [0.5, 0.6) is 5.75 Å². The van der Waals surface area contributed by atoms with Crippen LogP contribution in [0.4, 0.5) is 0 Å². The molecule has 0 aliphatic heterocycles. The van der Waals surface area contributed by atoms with E-state index in [1.54, 1.807) is 30.3 Å². The summed E-state index contributed by atoms with van der Waals surface area (Å²) >= 11 is 3.31. The van der Waals surface area contributed by atoms with Crippen molar-refractivity contribution in [3.8, 4) is 5.75 Å². The number of benzene rings is 2. The molecule has 1 saturated carbocycles. The van der Waals surface area contributed by atoms with E-state index in [1.807, 2.05) is 0 Å². The summed E-state index contributed by atoms with van der Waals surface area (Å²) in [5.41, 5.74) is 1.38. The zero-order chi connectivity index (χ0) is 19.6. The van der Waals surface area contributed by atoms with Crippen molar-refractivity contribution >= 4 is 31.9 Å². The Labute approximate surface area is 167 Å². The number of ether oxygens (including phenoxy) is 1. The lowest BCUT2D eigenvalue weighted by Gasteiger charge is -2.18. The minimum atomic E-state index is -3.65. The zero-order valence-corrected chi connectivity index (χ0v) is 17.5. The van der Waals surface area contributed by atoms with Gasteiger partial charge in [0, 0.05) is 25.2 Å². The third-order valence-electron chi connectivity index (χ3n) is 4.37. The fourth-order valence-electron chi connectivity index (χ4n) is 2.59. The molecule has 2 aromatic rings. The lowest BCUT2D eigenvalue weighted by molar-refractivity contribution is 0.0951. The van der Waals surface area contributed by atoms with Crippen LogP contribution in [0, 0.1) is 0 Å². The van der Waals surface area contributed by atoms with Gasteiger partial charge in [-0.2, -0.15) is 4.31 Å². The molecule has 1 aliphatic carbocycles. The van der Waals surface area contributed by atoms with E-state index in [1.165, 1.54) is 30.6 Å². The Kier molecular flexibility index (Phi) is 5.88. The highest BCUT2D eigenvalue weighted by Gasteiger charge is 2.24. The summed E-state index contributed by atoms with van der Waals surface area (Å²) in [6, 6.07) is 11.9. The SMILES string of the molecule is COc1ccc(S(=O)(=O)N(C)Cc2ccc(C(=O)NC3CC3)cc2)cc1Br. The van der Waals surface area contributed by atoms with E-state index >= 15 is 0 Å². The molecule has 1 N–H and O–H groups in total. The number of carbonyl (C=O) groups excluding carboxylic acids is 1. The number of nitrogens with one attached hydrogen (secondary N) is 1. The molecule has 3 rings (SSSR count). The predicted molar refractivity (Wildman–Crippen MR) is 106 cm³/mol. The minimum Gasteiger partial charge on any atom is -0.496 e. The molecular weight excluding hydrogens is 432 g/mol. The van der Waals surface area contributed by atoms with Crippen LogP contribution in [0.1, 0.15) is 28.8 Å². The van der Waals surface area contributed by atoms with Crippen molar-refractivity contribution in [1.29, 1.82) is 0 Å². The van der Waals surface area contributed by atoms with Crippen molar-refractivity contribution in [3.05, 3.63) is 58.1 Å². The maximum absolute atomic E-state index is 12.8. The molecule has 27 heavy (non-hydrogen) atoms. The molecule has 0 radical (unpaired) electrons. The van der Waals surface area contributed by atoms with Gasteiger partial charge >= 0.3 is 0 Å². The fraction of sp³-hybridized carbons (Fsp3) is 0.316. The Hall–Kier alpha value is -1.90. The monoisotopic (exact) mass is 452 g/mol. The summed E-state index contributed by atoms with van der Waals surface area (Å²) in [7, 11) is -0.599. The Morgan fingerprint density at radius 2 is 1.89 bits per heavy atom. The Morgan fingerprint density at radius 3 is 2.44 bits per heavy atom. The van der Waals surface area contributed by atoms with Gasteiger partial charge in [-0.25, -0.2) is 8.42 Å². The van der Waals surface area contributed by atoms with Crippen LogP contribution < -0.4 is 10.1 Å². The molecule has 6 nitrogen and oxygen atoms in total. The molecule has 1 aliphatic rings. The van der Waals surface area contributed by atoms with Gasteiger partial charge < -0.3 is 10.1 Å². The quantitative estimate of drug-likeness (QED) is 0.699. The maximum Gasteiger partial charge on any atom is 0.251 e. The molecule has 0 heterocycles. The van der Waals surface area contributed by atoms with Gasteiger partial charge in [-0.15, -0.1) is 0 Å². The van der Waals surface area contributed by atoms with Crippen molar-refractivity contribution in [2.24, 2.45) is 0 Å². The highest BCUT2D eigenvalue weighted by Crippen LogP contribution is 2.29. The van der Waals surface area contributed by atoms with Crippen LogP contribution >= 0.6 is 15.9 Å². The van der Waals surface area contributed by atoms with Gasteiger partial charge in [-0.05, 0) is 64.7 Å². The third kappa shape index (κ3) is 4.69. The summed E-state index contributed by atoms with van der Waals surface area (Å²) < 4.78 is 32.6. The van der Waals surface area contributed by atoms with Gasteiger partial charge in [0.25, 0.3) is 5.91 Å². The smallest absolute Gasteiger partial charge is 0.251 e. The number of rotatable bonds is 7. The minimum absolute atomic E-state index is 0.0897. The van der Waals surface area contributed by atoms with Crippen LogP contribution in [-0.2, 0) is 16.6 Å². The number of methoxy groups -OCH3 is 1. The highest BCUT2D eigenvalue weighted by molar-refractivity contribution is 9.10. The van der Waals surface area contributed by atoms with Crippen LogP contribution in [-0.4, -0.2) is 38.8 Å². The highest BCUT2D eigenvalue weighted by atomic mass is 79.9. The van der Waals surface area contributed by atoms with Crippen LogP contribution in [0.25, 0.3) is 0 Å². The van der Waals surface area contributed by atoms with Gasteiger partial charge in [-0.3, -0.25) is 4.79 Å². The molecule has 144 valence electrons. The Bertz CT molecular complexity index is 941. The van der Waals surface area contributed by atoms with Crippen molar-refractivity contribution in [2.45, 2.75) is 30.3 Å². The van der Waals surface area contributed by atoms with Crippen LogP contribution in [0.15, 0.2) is 51.8 Å². The van der Waals surface area contributed by atoms with E-state index in [-0.39, 0.29) is 17.3 Å². The first-order chi connectivity index (χ1) is 12.8.